The number of phenols is 1. The summed E-state index contributed by atoms with van der Waals surface area (Å²) in [5.74, 6) is -0.773. The molecular formula is C15H16BrN5O4. The molecule has 1 aromatic carbocycles. The number of carbonyl (C=O) groups excluding carboxylic acids is 1. The number of phenolic OH excluding ortho intramolecular Hbond substituents is 1. The van der Waals surface area contributed by atoms with E-state index in [-0.39, 0.29) is 32.6 Å². The van der Waals surface area contributed by atoms with Crippen LogP contribution in [0.4, 0.5) is 5.69 Å². The quantitative estimate of drug-likeness (QED) is 0.405. The first kappa shape index (κ1) is 18.6. The summed E-state index contributed by atoms with van der Waals surface area (Å²) >= 11 is 3.03. The number of aromatic amines is 1. The Hall–Kier alpha value is -2.75. The van der Waals surface area contributed by atoms with Crippen LogP contribution >= 0.6 is 15.9 Å². The highest BCUT2D eigenvalue weighted by Crippen LogP contribution is 2.31. The largest absolute Gasteiger partial charge is 0.506 e. The van der Waals surface area contributed by atoms with Crippen molar-refractivity contribution in [3.05, 3.63) is 49.7 Å². The fourth-order valence-electron chi connectivity index (χ4n) is 1.85. The van der Waals surface area contributed by atoms with Crippen LogP contribution in [-0.2, 0) is 5.41 Å². The lowest BCUT2D eigenvalue weighted by molar-refractivity contribution is -0.385. The third kappa shape index (κ3) is 4.41. The lowest BCUT2D eigenvalue weighted by Crippen LogP contribution is -2.18. The Morgan fingerprint density at radius 2 is 2.12 bits per heavy atom. The Bertz CT molecular complexity index is 854. The van der Waals surface area contributed by atoms with Gasteiger partial charge in [0.1, 0.15) is 5.75 Å². The van der Waals surface area contributed by atoms with Gasteiger partial charge in [0.25, 0.3) is 11.6 Å². The third-order valence-corrected chi connectivity index (χ3v) is 3.88. The monoisotopic (exact) mass is 409 g/mol. The van der Waals surface area contributed by atoms with Crippen molar-refractivity contribution in [3.8, 4) is 5.75 Å². The first-order valence-corrected chi connectivity index (χ1v) is 7.95. The SMILES string of the molecule is CC(C)(C)c1cc(C(=O)N/N=C/c2cc([N+](=O)[O-])cc(Br)c2O)n[nH]1. The van der Waals surface area contributed by atoms with Gasteiger partial charge >= 0.3 is 0 Å². The minimum absolute atomic E-state index is 0.0822. The number of hydrogen-bond acceptors (Lipinski definition) is 6. The van der Waals surface area contributed by atoms with E-state index in [9.17, 15) is 20.0 Å². The molecule has 9 nitrogen and oxygen atoms in total. The predicted molar refractivity (Wildman–Crippen MR) is 94.8 cm³/mol. The number of H-pyrrole nitrogens is 1. The van der Waals surface area contributed by atoms with Crippen molar-refractivity contribution in [2.24, 2.45) is 5.10 Å². The van der Waals surface area contributed by atoms with Crippen LogP contribution in [0.2, 0.25) is 0 Å². The number of amides is 1. The Labute approximate surface area is 151 Å². The summed E-state index contributed by atoms with van der Waals surface area (Å²) in [5, 5.41) is 31.1. The molecule has 0 aliphatic heterocycles. The number of non-ortho nitro benzene ring substituents is 1. The highest BCUT2D eigenvalue weighted by atomic mass is 79.9. The zero-order chi connectivity index (χ0) is 18.8. The van der Waals surface area contributed by atoms with Gasteiger partial charge in [0, 0.05) is 28.8 Å². The number of benzene rings is 1. The smallest absolute Gasteiger partial charge is 0.291 e. The lowest BCUT2D eigenvalue weighted by atomic mass is 9.92. The molecule has 0 atom stereocenters. The first-order chi connectivity index (χ1) is 11.6. The van der Waals surface area contributed by atoms with Crippen molar-refractivity contribution >= 4 is 33.7 Å². The molecule has 1 aromatic heterocycles. The number of hydrazone groups is 1. The maximum absolute atomic E-state index is 12.0. The maximum atomic E-state index is 12.0. The summed E-state index contributed by atoms with van der Waals surface area (Å²) in [4.78, 5) is 22.3. The molecule has 25 heavy (non-hydrogen) atoms. The number of halogens is 1. The number of aromatic nitrogens is 2. The Morgan fingerprint density at radius 3 is 2.68 bits per heavy atom. The van der Waals surface area contributed by atoms with E-state index in [1.165, 1.54) is 6.07 Å². The van der Waals surface area contributed by atoms with Gasteiger partial charge in [0.2, 0.25) is 0 Å². The molecule has 0 aliphatic rings. The number of rotatable bonds is 4. The lowest BCUT2D eigenvalue weighted by Gasteiger charge is -2.14. The zero-order valence-corrected chi connectivity index (χ0v) is 15.3. The van der Waals surface area contributed by atoms with Crippen molar-refractivity contribution in [3.63, 3.8) is 0 Å². The molecule has 1 amide bonds. The second-order valence-electron chi connectivity index (χ2n) is 6.24. The summed E-state index contributed by atoms with van der Waals surface area (Å²) in [6, 6.07) is 3.93. The molecule has 0 saturated carbocycles. The summed E-state index contributed by atoms with van der Waals surface area (Å²) in [6.07, 6.45) is 1.11. The molecular weight excluding hydrogens is 394 g/mol. The van der Waals surface area contributed by atoms with Gasteiger partial charge in [-0.2, -0.15) is 10.2 Å². The van der Waals surface area contributed by atoms with Crippen LogP contribution in [0.5, 0.6) is 5.75 Å². The number of nitrogens with zero attached hydrogens (tertiary/aromatic N) is 3. The van der Waals surface area contributed by atoms with Crippen LogP contribution in [0.25, 0.3) is 0 Å². The number of hydrogen-bond donors (Lipinski definition) is 3. The van der Waals surface area contributed by atoms with Gasteiger partial charge in [0.05, 0.1) is 15.6 Å². The predicted octanol–water partition coefficient (Wildman–Crippen LogP) is 2.85. The minimum atomic E-state index is -0.599. The van der Waals surface area contributed by atoms with E-state index in [0.29, 0.717) is 0 Å². The molecule has 10 heteroatoms. The molecule has 0 bridgehead atoms. The molecule has 0 aliphatic carbocycles. The van der Waals surface area contributed by atoms with Gasteiger partial charge in [-0.25, -0.2) is 5.43 Å². The Morgan fingerprint density at radius 1 is 1.44 bits per heavy atom. The first-order valence-electron chi connectivity index (χ1n) is 7.16. The summed E-state index contributed by atoms with van der Waals surface area (Å²) in [7, 11) is 0. The molecule has 2 rings (SSSR count). The third-order valence-electron chi connectivity index (χ3n) is 3.28. The van der Waals surface area contributed by atoms with E-state index in [2.05, 4.69) is 36.7 Å². The van der Waals surface area contributed by atoms with E-state index in [1.54, 1.807) is 6.07 Å². The van der Waals surface area contributed by atoms with Crippen LogP contribution in [0.1, 0.15) is 42.5 Å². The van der Waals surface area contributed by atoms with E-state index in [1.807, 2.05) is 20.8 Å². The van der Waals surface area contributed by atoms with E-state index in [0.717, 1.165) is 18.0 Å². The maximum Gasteiger partial charge on any atom is 0.291 e. The van der Waals surface area contributed by atoms with Crippen molar-refractivity contribution < 1.29 is 14.8 Å². The zero-order valence-electron chi connectivity index (χ0n) is 13.7. The highest BCUT2D eigenvalue weighted by Gasteiger charge is 2.19. The average molecular weight is 410 g/mol. The average Bonchev–Trinajstić information content (AvgIpc) is 3.01. The van der Waals surface area contributed by atoms with Gasteiger partial charge < -0.3 is 5.11 Å². The van der Waals surface area contributed by atoms with Crippen LogP contribution in [-0.4, -0.2) is 32.3 Å². The van der Waals surface area contributed by atoms with Gasteiger partial charge in [-0.05, 0) is 22.0 Å². The molecule has 0 fully saturated rings. The molecule has 3 N–H and O–H groups in total. The van der Waals surface area contributed by atoms with Crippen molar-refractivity contribution in [2.75, 3.05) is 0 Å². The molecule has 0 unspecified atom stereocenters. The molecule has 0 saturated heterocycles. The van der Waals surface area contributed by atoms with Crippen molar-refractivity contribution in [1.29, 1.82) is 0 Å². The molecule has 0 spiro atoms. The minimum Gasteiger partial charge on any atom is -0.506 e. The second kappa shape index (κ2) is 7.01. The van der Waals surface area contributed by atoms with Gasteiger partial charge in [0.15, 0.2) is 5.69 Å². The summed E-state index contributed by atoms with van der Waals surface area (Å²) in [6.45, 7) is 5.93. The summed E-state index contributed by atoms with van der Waals surface area (Å²) in [5.41, 5.74) is 2.89. The number of carbonyl (C=O) groups is 1. The number of aromatic hydroxyl groups is 1. The Balaban J connectivity index is 2.14. The van der Waals surface area contributed by atoms with E-state index in [4.69, 9.17) is 0 Å². The van der Waals surface area contributed by atoms with Crippen LogP contribution < -0.4 is 5.43 Å². The van der Waals surface area contributed by atoms with Crippen LogP contribution in [0.3, 0.4) is 0 Å². The normalized spacial score (nSPS) is 11.7. The highest BCUT2D eigenvalue weighted by molar-refractivity contribution is 9.10. The van der Waals surface area contributed by atoms with Gasteiger partial charge in [-0.3, -0.25) is 20.0 Å². The molecule has 132 valence electrons. The van der Waals surface area contributed by atoms with E-state index < -0.39 is 10.8 Å². The molecule has 2 aromatic rings. The molecule has 0 radical (unpaired) electrons. The van der Waals surface area contributed by atoms with Crippen molar-refractivity contribution in [1.82, 2.24) is 15.6 Å². The number of nitro groups is 1. The molecule has 1 heterocycles. The second-order valence-corrected chi connectivity index (χ2v) is 7.09. The van der Waals surface area contributed by atoms with Crippen LogP contribution in [0.15, 0.2) is 27.8 Å². The fraction of sp³-hybridized carbons (Fsp3) is 0.267. The topological polar surface area (TPSA) is 134 Å². The summed E-state index contributed by atoms with van der Waals surface area (Å²) < 4.78 is 0.150. The number of nitro benzene ring substituents is 1. The Kier molecular flexibility index (Phi) is 5.21. The van der Waals surface area contributed by atoms with Gasteiger partial charge in [-0.15, -0.1) is 0 Å². The van der Waals surface area contributed by atoms with Gasteiger partial charge in [-0.1, -0.05) is 20.8 Å². The van der Waals surface area contributed by atoms with E-state index >= 15 is 0 Å². The van der Waals surface area contributed by atoms with Crippen LogP contribution in [0, 0.1) is 10.1 Å². The standard InChI is InChI=1S/C15H16BrN5O4/c1-15(2,3)12-6-11(18-19-12)14(23)20-17-7-8-4-9(21(24)25)5-10(16)13(8)22/h4-7,22H,1-3H3,(H,18,19)(H,20,23)/b17-7+. The van der Waals surface area contributed by atoms with Crippen molar-refractivity contribution in [2.45, 2.75) is 26.2 Å². The number of nitrogens with one attached hydrogen (secondary N) is 2. The fourth-order valence-corrected chi connectivity index (χ4v) is 2.31.